The molecular weight excluding hydrogens is 232 g/mol. The van der Waals surface area contributed by atoms with Gasteiger partial charge in [-0.2, -0.15) is 0 Å². The van der Waals surface area contributed by atoms with Gasteiger partial charge in [0, 0.05) is 18.2 Å². The van der Waals surface area contributed by atoms with Crippen LogP contribution in [0.25, 0.3) is 6.08 Å². The lowest BCUT2D eigenvalue weighted by Crippen LogP contribution is -2.26. The molecule has 0 unspecified atom stereocenters. The maximum Gasteiger partial charge on any atom is 0.130 e. The van der Waals surface area contributed by atoms with Gasteiger partial charge in [0.05, 0.1) is 0 Å². The predicted molar refractivity (Wildman–Crippen MR) is 72.3 cm³/mol. The summed E-state index contributed by atoms with van der Waals surface area (Å²) in [5.74, 6) is -0.513. The first-order chi connectivity index (χ1) is 8.40. The molecule has 0 aromatic heterocycles. The van der Waals surface area contributed by atoms with Crippen molar-refractivity contribution < 1.29 is 8.78 Å². The Bertz CT molecular complexity index is 423. The van der Waals surface area contributed by atoms with Gasteiger partial charge in [-0.05, 0) is 24.1 Å². The number of halogens is 2. The molecule has 0 amide bonds. The molecule has 1 aromatic rings. The standard InChI is InChI=1S/C15H21F2N/c1-10(2)13(9-18-11(3)4)7-12-8-14(16)5-6-15(12)17/h5-8,10-11,18H,9H2,1-4H3. The van der Waals surface area contributed by atoms with Crippen molar-refractivity contribution in [3.63, 3.8) is 0 Å². The quantitative estimate of drug-likeness (QED) is 0.836. The van der Waals surface area contributed by atoms with E-state index in [9.17, 15) is 8.78 Å². The van der Waals surface area contributed by atoms with Crippen LogP contribution in [0.4, 0.5) is 8.78 Å². The lowest BCUT2D eigenvalue weighted by molar-refractivity contribution is 0.588. The molecule has 0 saturated carbocycles. The predicted octanol–water partition coefficient (Wildman–Crippen LogP) is 4.00. The first-order valence-electron chi connectivity index (χ1n) is 6.29. The van der Waals surface area contributed by atoms with E-state index in [1.54, 1.807) is 6.08 Å². The van der Waals surface area contributed by atoms with Crippen molar-refractivity contribution in [3.05, 3.63) is 41.0 Å². The summed E-state index contributed by atoms with van der Waals surface area (Å²) in [4.78, 5) is 0. The maximum atomic E-state index is 13.6. The second-order valence-electron chi connectivity index (χ2n) is 5.08. The van der Waals surface area contributed by atoms with E-state index >= 15 is 0 Å². The Morgan fingerprint density at radius 2 is 1.89 bits per heavy atom. The molecule has 0 bridgehead atoms. The SMILES string of the molecule is CC(C)NCC(=Cc1cc(F)ccc1F)C(C)C. The van der Waals surface area contributed by atoms with Crippen LogP contribution in [0.15, 0.2) is 23.8 Å². The minimum absolute atomic E-state index is 0.291. The number of nitrogens with one attached hydrogen (secondary N) is 1. The topological polar surface area (TPSA) is 12.0 Å². The second-order valence-corrected chi connectivity index (χ2v) is 5.08. The van der Waals surface area contributed by atoms with Crippen LogP contribution in [-0.4, -0.2) is 12.6 Å². The van der Waals surface area contributed by atoms with Gasteiger partial charge < -0.3 is 5.32 Å². The van der Waals surface area contributed by atoms with Crippen molar-refractivity contribution in [2.24, 2.45) is 5.92 Å². The molecule has 0 fully saturated rings. The largest absolute Gasteiger partial charge is 0.311 e. The summed E-state index contributed by atoms with van der Waals surface area (Å²) in [5.41, 5.74) is 1.37. The zero-order valence-electron chi connectivity index (χ0n) is 11.4. The Hall–Kier alpha value is -1.22. The van der Waals surface area contributed by atoms with Crippen LogP contribution in [0, 0.1) is 17.6 Å². The summed E-state index contributed by atoms with van der Waals surface area (Å²) < 4.78 is 26.7. The molecule has 0 spiro atoms. The molecule has 3 heteroatoms. The lowest BCUT2D eigenvalue weighted by atomic mass is 9.99. The normalized spacial score (nSPS) is 12.6. The zero-order valence-corrected chi connectivity index (χ0v) is 11.4. The highest BCUT2D eigenvalue weighted by Crippen LogP contribution is 2.17. The van der Waals surface area contributed by atoms with Crippen LogP contribution < -0.4 is 5.32 Å². The zero-order chi connectivity index (χ0) is 13.7. The van der Waals surface area contributed by atoms with Gasteiger partial charge in [0.25, 0.3) is 0 Å². The summed E-state index contributed by atoms with van der Waals surface area (Å²) in [5, 5.41) is 3.30. The number of benzene rings is 1. The minimum atomic E-state index is -0.414. The second kappa shape index (κ2) is 6.64. The van der Waals surface area contributed by atoms with E-state index in [4.69, 9.17) is 0 Å². The van der Waals surface area contributed by atoms with E-state index in [1.165, 1.54) is 6.07 Å². The highest BCUT2D eigenvalue weighted by atomic mass is 19.1. The molecule has 0 aliphatic carbocycles. The Morgan fingerprint density at radius 3 is 2.44 bits per heavy atom. The van der Waals surface area contributed by atoms with E-state index in [1.807, 2.05) is 13.8 Å². The van der Waals surface area contributed by atoms with Crippen LogP contribution in [0.3, 0.4) is 0 Å². The van der Waals surface area contributed by atoms with Gasteiger partial charge in [-0.1, -0.05) is 39.3 Å². The Labute approximate surface area is 108 Å². The van der Waals surface area contributed by atoms with Crippen molar-refractivity contribution in [1.82, 2.24) is 5.32 Å². The Balaban J connectivity index is 2.96. The van der Waals surface area contributed by atoms with Gasteiger partial charge in [-0.3, -0.25) is 0 Å². The van der Waals surface area contributed by atoms with Gasteiger partial charge in [-0.15, -0.1) is 0 Å². The molecule has 0 atom stereocenters. The molecule has 0 heterocycles. The van der Waals surface area contributed by atoms with Crippen LogP contribution in [0.5, 0.6) is 0 Å². The first-order valence-corrected chi connectivity index (χ1v) is 6.29. The highest BCUT2D eigenvalue weighted by molar-refractivity contribution is 5.54. The van der Waals surface area contributed by atoms with Crippen LogP contribution >= 0.6 is 0 Å². The molecule has 0 aliphatic heterocycles. The third kappa shape index (κ3) is 4.57. The van der Waals surface area contributed by atoms with Gasteiger partial charge in [0.15, 0.2) is 0 Å². The first kappa shape index (κ1) is 14.8. The van der Waals surface area contributed by atoms with E-state index in [0.717, 1.165) is 17.7 Å². The van der Waals surface area contributed by atoms with Crippen LogP contribution in [-0.2, 0) is 0 Å². The monoisotopic (exact) mass is 253 g/mol. The summed E-state index contributed by atoms with van der Waals surface area (Å²) >= 11 is 0. The van der Waals surface area contributed by atoms with Gasteiger partial charge in [0.2, 0.25) is 0 Å². The fraction of sp³-hybridized carbons (Fsp3) is 0.467. The van der Waals surface area contributed by atoms with Crippen LogP contribution in [0.1, 0.15) is 33.3 Å². The number of rotatable bonds is 5. The summed E-state index contributed by atoms with van der Waals surface area (Å²) in [6.07, 6.45) is 1.73. The lowest BCUT2D eigenvalue weighted by Gasteiger charge is -2.15. The van der Waals surface area contributed by atoms with Crippen molar-refractivity contribution in [2.45, 2.75) is 33.7 Å². The fourth-order valence-corrected chi connectivity index (χ4v) is 1.57. The third-order valence-electron chi connectivity index (χ3n) is 2.75. The average Bonchev–Trinajstić information content (AvgIpc) is 2.28. The molecular formula is C15H21F2N. The van der Waals surface area contributed by atoms with Crippen molar-refractivity contribution >= 4 is 6.08 Å². The highest BCUT2D eigenvalue weighted by Gasteiger charge is 2.07. The van der Waals surface area contributed by atoms with Gasteiger partial charge >= 0.3 is 0 Å². The average molecular weight is 253 g/mol. The molecule has 100 valence electrons. The third-order valence-corrected chi connectivity index (χ3v) is 2.75. The van der Waals surface area contributed by atoms with Gasteiger partial charge in [-0.25, -0.2) is 8.78 Å². The van der Waals surface area contributed by atoms with E-state index in [0.29, 0.717) is 24.1 Å². The minimum Gasteiger partial charge on any atom is -0.311 e. The molecule has 1 aromatic carbocycles. The number of hydrogen-bond donors (Lipinski definition) is 1. The van der Waals surface area contributed by atoms with Crippen molar-refractivity contribution in [2.75, 3.05) is 6.54 Å². The number of hydrogen-bond acceptors (Lipinski definition) is 1. The molecule has 0 saturated heterocycles. The summed E-state index contributed by atoms with van der Waals surface area (Å²) in [6.45, 7) is 8.89. The van der Waals surface area contributed by atoms with E-state index in [-0.39, 0.29) is 5.82 Å². The van der Waals surface area contributed by atoms with Crippen LogP contribution in [0.2, 0.25) is 0 Å². The molecule has 18 heavy (non-hydrogen) atoms. The van der Waals surface area contributed by atoms with Crippen molar-refractivity contribution in [3.8, 4) is 0 Å². The van der Waals surface area contributed by atoms with Crippen molar-refractivity contribution in [1.29, 1.82) is 0 Å². The molecule has 0 aliphatic rings. The van der Waals surface area contributed by atoms with E-state index in [2.05, 4.69) is 19.2 Å². The smallest absolute Gasteiger partial charge is 0.130 e. The Kier molecular flexibility index (Phi) is 5.48. The molecule has 1 N–H and O–H groups in total. The maximum absolute atomic E-state index is 13.6. The Morgan fingerprint density at radius 1 is 1.22 bits per heavy atom. The van der Waals surface area contributed by atoms with E-state index < -0.39 is 5.82 Å². The molecule has 1 rings (SSSR count). The summed E-state index contributed by atoms with van der Waals surface area (Å²) in [6, 6.07) is 3.89. The summed E-state index contributed by atoms with van der Waals surface area (Å²) in [7, 11) is 0. The molecule has 0 radical (unpaired) electrons. The molecule has 1 nitrogen and oxygen atoms in total. The fourth-order valence-electron chi connectivity index (χ4n) is 1.57. The van der Waals surface area contributed by atoms with Gasteiger partial charge in [0.1, 0.15) is 11.6 Å².